The molecule has 0 spiro atoms. The van der Waals surface area contributed by atoms with Crippen LogP contribution in [0.5, 0.6) is 11.5 Å². The summed E-state index contributed by atoms with van der Waals surface area (Å²) >= 11 is 0. The fourth-order valence-corrected chi connectivity index (χ4v) is 4.02. The van der Waals surface area contributed by atoms with Crippen molar-refractivity contribution in [2.45, 2.75) is 18.4 Å². The maximum atomic E-state index is 13.1. The van der Waals surface area contributed by atoms with Gasteiger partial charge in [0.2, 0.25) is 0 Å². The molecular weight excluding hydrogens is 455 g/mol. The number of aromatic nitrogens is 1. The molecule has 0 bridgehead atoms. The van der Waals surface area contributed by atoms with E-state index >= 15 is 0 Å². The van der Waals surface area contributed by atoms with Gasteiger partial charge in [0.25, 0.3) is 10.1 Å². The van der Waals surface area contributed by atoms with Gasteiger partial charge in [-0.25, -0.2) is 9.37 Å². The lowest BCUT2D eigenvalue weighted by Crippen LogP contribution is -2.07. The molecule has 6 nitrogen and oxygen atoms in total. The van der Waals surface area contributed by atoms with E-state index in [-0.39, 0.29) is 23.0 Å². The summed E-state index contributed by atoms with van der Waals surface area (Å²) in [5, 5.41) is 9.37. The lowest BCUT2D eigenvalue weighted by molar-refractivity contribution is 0.308. The van der Waals surface area contributed by atoms with E-state index in [0.717, 1.165) is 5.56 Å². The Hall–Kier alpha value is -4.06. The molecule has 0 fully saturated rings. The van der Waals surface area contributed by atoms with Crippen LogP contribution < -0.4 is 4.74 Å². The molecule has 0 radical (unpaired) electrons. The summed E-state index contributed by atoms with van der Waals surface area (Å²) in [5.41, 5.74) is 2.75. The van der Waals surface area contributed by atoms with E-state index in [9.17, 15) is 18.1 Å². The largest absolute Gasteiger partial charge is 0.457 e. The van der Waals surface area contributed by atoms with Crippen molar-refractivity contribution in [3.8, 4) is 28.8 Å². The zero-order chi connectivity index (χ0) is 24.1. The van der Waals surface area contributed by atoms with Gasteiger partial charge in [0.1, 0.15) is 29.1 Å². The van der Waals surface area contributed by atoms with E-state index in [1.54, 1.807) is 42.5 Å². The van der Waals surface area contributed by atoms with Crippen molar-refractivity contribution in [3.63, 3.8) is 0 Å². The van der Waals surface area contributed by atoms with Gasteiger partial charge in [-0.05, 0) is 85.3 Å². The molecule has 0 aliphatic rings. The summed E-state index contributed by atoms with van der Waals surface area (Å²) in [4.78, 5) is 4.37. The fraction of sp³-hybridized carbons (Fsp3) is 0.0769. The predicted octanol–water partition coefficient (Wildman–Crippen LogP) is 5.77. The van der Waals surface area contributed by atoms with Crippen LogP contribution in [0.1, 0.15) is 16.8 Å². The second kappa shape index (κ2) is 9.83. The molecule has 8 heteroatoms. The Labute approximate surface area is 197 Å². The highest BCUT2D eigenvalue weighted by Gasteiger charge is 2.16. The smallest absolute Gasteiger partial charge is 0.297 e. The lowest BCUT2D eigenvalue weighted by Gasteiger charge is -2.09. The molecule has 0 aliphatic carbocycles. The van der Waals surface area contributed by atoms with Crippen LogP contribution in [0, 0.1) is 24.1 Å². The Bertz CT molecular complexity index is 1450. The number of pyridine rings is 1. The van der Waals surface area contributed by atoms with Crippen molar-refractivity contribution in [1.82, 2.24) is 4.98 Å². The fourth-order valence-electron chi connectivity index (χ4n) is 3.13. The average molecular weight is 475 g/mol. The summed E-state index contributed by atoms with van der Waals surface area (Å²) in [5.74, 6) is 0.685. The van der Waals surface area contributed by atoms with Gasteiger partial charge in [-0.1, -0.05) is 17.7 Å². The number of nitrogens with zero attached hydrogens (tertiary/aromatic N) is 2. The minimum Gasteiger partial charge on any atom is -0.457 e. The van der Waals surface area contributed by atoms with Crippen molar-refractivity contribution in [2.75, 3.05) is 0 Å². The van der Waals surface area contributed by atoms with Crippen LogP contribution >= 0.6 is 0 Å². The van der Waals surface area contributed by atoms with Gasteiger partial charge in [-0.3, -0.25) is 4.18 Å². The molecule has 0 aliphatic heterocycles. The number of ether oxygens (including phenoxy) is 1. The third-order valence-corrected chi connectivity index (χ3v) is 6.17. The molecule has 0 atom stereocenters. The first kappa shape index (κ1) is 23.1. The minimum absolute atomic E-state index is 0.0598. The lowest BCUT2D eigenvalue weighted by atomic mass is 10.1. The Morgan fingerprint density at radius 2 is 1.53 bits per heavy atom. The molecule has 0 N–H and O–H groups in total. The van der Waals surface area contributed by atoms with E-state index in [2.05, 4.69) is 4.98 Å². The first-order valence-electron chi connectivity index (χ1n) is 10.2. The van der Waals surface area contributed by atoms with Crippen molar-refractivity contribution in [3.05, 3.63) is 108 Å². The highest BCUT2D eigenvalue weighted by molar-refractivity contribution is 7.86. The zero-order valence-corrected chi connectivity index (χ0v) is 18.9. The Morgan fingerprint density at radius 3 is 2.15 bits per heavy atom. The quantitative estimate of drug-likeness (QED) is 0.316. The second-order valence-corrected chi connectivity index (χ2v) is 9.08. The van der Waals surface area contributed by atoms with E-state index in [1.165, 1.54) is 42.5 Å². The number of nitriles is 1. The van der Waals surface area contributed by atoms with Crippen LogP contribution in [-0.4, -0.2) is 13.4 Å². The summed E-state index contributed by atoms with van der Waals surface area (Å²) in [6.45, 7) is 1.62. The van der Waals surface area contributed by atoms with Crippen molar-refractivity contribution < 1.29 is 21.7 Å². The molecule has 0 unspecified atom stereocenters. The van der Waals surface area contributed by atoms with Crippen LogP contribution in [0.15, 0.2) is 89.8 Å². The topological polar surface area (TPSA) is 89.3 Å². The van der Waals surface area contributed by atoms with E-state index in [0.29, 0.717) is 28.3 Å². The first-order valence-corrected chi connectivity index (χ1v) is 11.6. The maximum Gasteiger partial charge on any atom is 0.297 e. The number of aryl methyl sites for hydroxylation is 1. The molecule has 4 aromatic rings. The van der Waals surface area contributed by atoms with E-state index in [4.69, 9.17) is 8.92 Å². The summed E-state index contributed by atoms with van der Waals surface area (Å²) in [6.07, 6.45) is 0. The third-order valence-electron chi connectivity index (χ3n) is 4.89. The Balaban J connectivity index is 1.52. The number of hydrogen-bond acceptors (Lipinski definition) is 6. The van der Waals surface area contributed by atoms with E-state index in [1.807, 2.05) is 13.0 Å². The van der Waals surface area contributed by atoms with Gasteiger partial charge in [0, 0.05) is 5.56 Å². The Morgan fingerprint density at radius 1 is 0.912 bits per heavy atom. The normalized spacial score (nSPS) is 11.1. The molecule has 4 rings (SSSR count). The van der Waals surface area contributed by atoms with Crippen molar-refractivity contribution in [2.24, 2.45) is 0 Å². The molecule has 1 heterocycles. The molecule has 1 aromatic heterocycles. The van der Waals surface area contributed by atoms with Gasteiger partial charge in [0.05, 0.1) is 17.2 Å². The van der Waals surface area contributed by atoms with Gasteiger partial charge < -0.3 is 4.74 Å². The average Bonchev–Trinajstić information content (AvgIpc) is 2.85. The zero-order valence-electron chi connectivity index (χ0n) is 18.1. The van der Waals surface area contributed by atoms with Crippen LogP contribution in [0.4, 0.5) is 4.39 Å². The number of rotatable bonds is 7. The van der Waals surface area contributed by atoms with Crippen molar-refractivity contribution >= 4 is 10.1 Å². The molecule has 0 amide bonds. The molecule has 3 aromatic carbocycles. The van der Waals surface area contributed by atoms with Crippen LogP contribution in [-0.2, 0) is 20.9 Å². The van der Waals surface area contributed by atoms with Gasteiger partial charge in [0.15, 0.2) is 0 Å². The van der Waals surface area contributed by atoms with Crippen LogP contribution in [0.3, 0.4) is 0 Å². The summed E-state index contributed by atoms with van der Waals surface area (Å²) < 4.78 is 48.9. The highest BCUT2D eigenvalue weighted by Crippen LogP contribution is 2.26. The van der Waals surface area contributed by atoms with Gasteiger partial charge in [-0.2, -0.15) is 13.7 Å². The maximum absolute atomic E-state index is 13.1. The van der Waals surface area contributed by atoms with E-state index < -0.39 is 10.1 Å². The molecule has 34 heavy (non-hydrogen) atoms. The van der Waals surface area contributed by atoms with Crippen molar-refractivity contribution in [1.29, 1.82) is 5.26 Å². The summed E-state index contributed by atoms with van der Waals surface area (Å²) in [6, 6.07) is 24.1. The standard InChI is InChI=1S/C26H19FN2O4S/c1-18-2-12-25(13-3-18)34(30,31)32-17-19-14-22(16-28)29-26(15-19)20-4-8-23(9-5-20)33-24-10-6-21(27)7-11-24/h2-15H,17H2,1H3. The van der Waals surface area contributed by atoms with Crippen LogP contribution in [0.2, 0.25) is 0 Å². The monoisotopic (exact) mass is 474 g/mol. The third kappa shape index (κ3) is 5.64. The van der Waals surface area contributed by atoms with Crippen LogP contribution in [0.25, 0.3) is 11.3 Å². The molecule has 0 saturated heterocycles. The van der Waals surface area contributed by atoms with Gasteiger partial charge >= 0.3 is 0 Å². The number of hydrogen-bond donors (Lipinski definition) is 0. The van der Waals surface area contributed by atoms with Gasteiger partial charge in [-0.15, -0.1) is 0 Å². The molecular formula is C26H19FN2O4S. The molecule has 0 saturated carbocycles. The molecule has 170 valence electrons. The first-order chi connectivity index (χ1) is 16.3. The number of benzene rings is 3. The second-order valence-electron chi connectivity index (χ2n) is 7.47. The number of halogens is 1. The summed E-state index contributed by atoms with van der Waals surface area (Å²) in [7, 11) is -3.95. The minimum atomic E-state index is -3.95. The SMILES string of the molecule is Cc1ccc(S(=O)(=O)OCc2cc(C#N)nc(-c3ccc(Oc4ccc(F)cc4)cc3)c2)cc1. The highest BCUT2D eigenvalue weighted by atomic mass is 32.2. The Kier molecular flexibility index (Phi) is 6.68. The predicted molar refractivity (Wildman–Crippen MR) is 124 cm³/mol.